The van der Waals surface area contributed by atoms with Crippen LogP contribution >= 0.6 is 0 Å². The molecule has 0 aromatic heterocycles. The molecule has 0 aliphatic rings. The van der Waals surface area contributed by atoms with Gasteiger partial charge in [-0.1, -0.05) is 13.0 Å². The molecule has 0 aliphatic heterocycles. The maximum Gasteiger partial charge on any atom is 0.150 e. The van der Waals surface area contributed by atoms with Gasteiger partial charge < -0.3 is 5.11 Å². The number of aliphatic hydroxyl groups excluding tert-OH is 1. The largest absolute Gasteiger partial charge is 0.393 e. The van der Waals surface area contributed by atoms with E-state index in [2.05, 4.69) is 0 Å². The van der Waals surface area contributed by atoms with E-state index in [1.807, 2.05) is 0 Å². The van der Waals surface area contributed by atoms with Crippen LogP contribution in [0.15, 0.2) is 18.2 Å². The van der Waals surface area contributed by atoms with Crippen molar-refractivity contribution in [1.82, 2.24) is 0 Å². The molecule has 0 amide bonds. The average Bonchev–Trinajstić information content (AvgIpc) is 2.32. The minimum absolute atomic E-state index is 0.0203. The van der Waals surface area contributed by atoms with Gasteiger partial charge in [-0.25, -0.2) is 17.2 Å². The van der Waals surface area contributed by atoms with Gasteiger partial charge in [0.15, 0.2) is 0 Å². The Hall–Kier alpha value is -1.01. The Kier molecular flexibility index (Phi) is 5.87. The Bertz CT molecular complexity index is 515. The molecule has 0 radical (unpaired) electrons. The van der Waals surface area contributed by atoms with E-state index >= 15 is 0 Å². The van der Waals surface area contributed by atoms with Gasteiger partial charge in [0, 0.05) is 18.2 Å². The van der Waals surface area contributed by atoms with Gasteiger partial charge in [0.1, 0.15) is 21.5 Å². The zero-order valence-electron chi connectivity index (χ0n) is 10.8. The third kappa shape index (κ3) is 5.65. The summed E-state index contributed by atoms with van der Waals surface area (Å²) in [6, 6.07) is 3.19. The zero-order valence-corrected chi connectivity index (χ0v) is 11.6. The van der Waals surface area contributed by atoms with Crippen LogP contribution in [0, 0.1) is 11.6 Å². The standard InChI is InChI=1S/C13H18F2O3S/c1-2-19(17,18)7-3-4-12(16)8-10-5-6-11(14)9-13(10)15/h5-6,9,12,16H,2-4,7-8H2,1H3. The van der Waals surface area contributed by atoms with Crippen molar-refractivity contribution in [2.75, 3.05) is 11.5 Å². The minimum Gasteiger partial charge on any atom is -0.393 e. The highest BCUT2D eigenvalue weighted by Crippen LogP contribution is 2.14. The van der Waals surface area contributed by atoms with Crippen molar-refractivity contribution in [3.63, 3.8) is 0 Å². The molecular weight excluding hydrogens is 274 g/mol. The van der Waals surface area contributed by atoms with Gasteiger partial charge in [-0.3, -0.25) is 0 Å². The Labute approximate surface area is 112 Å². The lowest BCUT2D eigenvalue weighted by molar-refractivity contribution is 0.163. The smallest absolute Gasteiger partial charge is 0.150 e. The van der Waals surface area contributed by atoms with E-state index in [0.717, 1.165) is 12.1 Å². The SMILES string of the molecule is CCS(=O)(=O)CCCC(O)Cc1ccc(F)cc1F. The molecular formula is C13H18F2O3S. The summed E-state index contributed by atoms with van der Waals surface area (Å²) in [6.45, 7) is 1.57. The third-order valence-corrected chi connectivity index (χ3v) is 4.69. The molecule has 3 nitrogen and oxygen atoms in total. The molecule has 0 bridgehead atoms. The van der Waals surface area contributed by atoms with Gasteiger partial charge in [-0.05, 0) is 24.5 Å². The highest BCUT2D eigenvalue weighted by molar-refractivity contribution is 7.91. The van der Waals surface area contributed by atoms with Crippen LogP contribution in [0.4, 0.5) is 8.78 Å². The molecule has 0 aliphatic carbocycles. The van der Waals surface area contributed by atoms with E-state index in [0.29, 0.717) is 6.42 Å². The van der Waals surface area contributed by atoms with Crippen molar-refractivity contribution in [1.29, 1.82) is 0 Å². The summed E-state index contributed by atoms with van der Waals surface area (Å²) in [5.41, 5.74) is 0.229. The Balaban J connectivity index is 2.45. The summed E-state index contributed by atoms with van der Waals surface area (Å²) in [7, 11) is -3.04. The molecule has 108 valence electrons. The fourth-order valence-electron chi connectivity index (χ4n) is 1.73. The second-order valence-electron chi connectivity index (χ2n) is 4.47. The first kappa shape index (κ1) is 16.0. The molecule has 1 aromatic carbocycles. The molecule has 0 fully saturated rings. The van der Waals surface area contributed by atoms with Crippen LogP contribution in [0.3, 0.4) is 0 Å². The molecule has 1 aromatic rings. The van der Waals surface area contributed by atoms with Gasteiger partial charge in [-0.2, -0.15) is 0 Å². The van der Waals surface area contributed by atoms with E-state index < -0.39 is 27.6 Å². The maximum atomic E-state index is 13.3. The van der Waals surface area contributed by atoms with Gasteiger partial charge in [-0.15, -0.1) is 0 Å². The fraction of sp³-hybridized carbons (Fsp3) is 0.538. The summed E-state index contributed by atoms with van der Waals surface area (Å²) in [5, 5.41) is 9.71. The molecule has 0 spiro atoms. The first-order valence-corrected chi connectivity index (χ1v) is 7.98. The number of halogens is 2. The van der Waals surface area contributed by atoms with Crippen molar-refractivity contribution < 1.29 is 22.3 Å². The molecule has 6 heteroatoms. The van der Waals surface area contributed by atoms with Gasteiger partial charge in [0.25, 0.3) is 0 Å². The second-order valence-corrected chi connectivity index (χ2v) is 6.95. The van der Waals surface area contributed by atoms with Crippen molar-refractivity contribution in [2.45, 2.75) is 32.3 Å². The Morgan fingerprint density at radius 2 is 2.00 bits per heavy atom. The molecule has 1 rings (SSSR count). The molecule has 1 atom stereocenters. The van der Waals surface area contributed by atoms with Crippen molar-refractivity contribution in [3.05, 3.63) is 35.4 Å². The van der Waals surface area contributed by atoms with Crippen LogP contribution < -0.4 is 0 Å². The number of hydrogen-bond donors (Lipinski definition) is 1. The van der Waals surface area contributed by atoms with Crippen LogP contribution in [0.5, 0.6) is 0 Å². The summed E-state index contributed by atoms with van der Waals surface area (Å²) < 4.78 is 48.5. The number of benzene rings is 1. The summed E-state index contributed by atoms with van der Waals surface area (Å²) in [4.78, 5) is 0. The second kappa shape index (κ2) is 6.96. The number of aliphatic hydroxyl groups is 1. The fourth-order valence-corrected chi connectivity index (χ4v) is 2.62. The molecule has 1 N–H and O–H groups in total. The van der Waals surface area contributed by atoms with Gasteiger partial charge >= 0.3 is 0 Å². The van der Waals surface area contributed by atoms with Crippen molar-refractivity contribution in [2.24, 2.45) is 0 Å². The van der Waals surface area contributed by atoms with Crippen LogP contribution in [0.1, 0.15) is 25.3 Å². The Morgan fingerprint density at radius 3 is 2.58 bits per heavy atom. The van der Waals surface area contributed by atoms with E-state index in [1.165, 1.54) is 6.07 Å². The Morgan fingerprint density at radius 1 is 1.32 bits per heavy atom. The summed E-state index contributed by atoms with van der Waals surface area (Å²) in [6.07, 6.45) is -0.166. The number of hydrogen-bond acceptors (Lipinski definition) is 3. The lowest BCUT2D eigenvalue weighted by atomic mass is 10.0. The first-order chi connectivity index (χ1) is 8.84. The van der Waals surface area contributed by atoms with Gasteiger partial charge in [0.2, 0.25) is 0 Å². The van der Waals surface area contributed by atoms with E-state index in [-0.39, 0.29) is 29.9 Å². The minimum atomic E-state index is -3.04. The van der Waals surface area contributed by atoms with E-state index in [4.69, 9.17) is 0 Å². The first-order valence-electron chi connectivity index (χ1n) is 6.16. The topological polar surface area (TPSA) is 54.4 Å². The molecule has 0 saturated heterocycles. The average molecular weight is 292 g/mol. The quantitative estimate of drug-likeness (QED) is 0.837. The van der Waals surface area contributed by atoms with Crippen LogP contribution in [-0.4, -0.2) is 31.1 Å². The monoisotopic (exact) mass is 292 g/mol. The summed E-state index contributed by atoms with van der Waals surface area (Å²) in [5.74, 6) is -1.26. The summed E-state index contributed by atoms with van der Waals surface area (Å²) >= 11 is 0. The van der Waals surface area contributed by atoms with E-state index in [1.54, 1.807) is 6.92 Å². The number of sulfone groups is 1. The van der Waals surface area contributed by atoms with Crippen molar-refractivity contribution >= 4 is 9.84 Å². The van der Waals surface area contributed by atoms with E-state index in [9.17, 15) is 22.3 Å². The molecule has 19 heavy (non-hydrogen) atoms. The normalized spacial score (nSPS) is 13.5. The van der Waals surface area contributed by atoms with Crippen LogP contribution in [-0.2, 0) is 16.3 Å². The molecule has 0 saturated carbocycles. The lowest BCUT2D eigenvalue weighted by Crippen LogP contribution is -2.15. The molecule has 0 heterocycles. The zero-order chi connectivity index (χ0) is 14.5. The predicted octanol–water partition coefficient (Wildman–Crippen LogP) is 2.08. The van der Waals surface area contributed by atoms with Crippen LogP contribution in [0.25, 0.3) is 0 Å². The van der Waals surface area contributed by atoms with Crippen molar-refractivity contribution in [3.8, 4) is 0 Å². The lowest BCUT2D eigenvalue weighted by Gasteiger charge is -2.11. The van der Waals surface area contributed by atoms with Crippen LogP contribution in [0.2, 0.25) is 0 Å². The number of rotatable bonds is 7. The van der Waals surface area contributed by atoms with Gasteiger partial charge in [0.05, 0.1) is 11.9 Å². The predicted molar refractivity (Wildman–Crippen MR) is 69.6 cm³/mol. The highest BCUT2D eigenvalue weighted by Gasteiger charge is 2.12. The molecule has 1 unspecified atom stereocenters. The maximum absolute atomic E-state index is 13.3. The third-order valence-electron chi connectivity index (χ3n) is 2.90. The highest BCUT2D eigenvalue weighted by atomic mass is 32.2.